The van der Waals surface area contributed by atoms with Crippen LogP contribution < -0.4 is 20.4 Å². The number of hydrogen-bond acceptors (Lipinski definition) is 12. The largest absolute Gasteiger partial charge is 0.380 e. The van der Waals surface area contributed by atoms with Crippen molar-refractivity contribution in [1.29, 1.82) is 0 Å². The predicted molar refractivity (Wildman–Crippen MR) is 151 cm³/mol. The lowest BCUT2D eigenvalue weighted by Gasteiger charge is -2.28. The number of hydrogen-bond donors (Lipinski definition) is 3. The third kappa shape index (κ3) is 5.37. The average Bonchev–Trinajstić information content (AvgIpc) is 3.37. The van der Waals surface area contributed by atoms with E-state index < -0.39 is 6.04 Å². The predicted octanol–water partition coefficient (Wildman–Crippen LogP) is 0.550. The molecule has 0 spiro atoms. The van der Waals surface area contributed by atoms with E-state index in [1.54, 1.807) is 13.3 Å². The molecule has 4 fully saturated rings. The number of carbonyl (C=O) groups excluding carboxylic acids is 1. The molecule has 7 rings (SSSR count). The lowest BCUT2D eigenvalue weighted by molar-refractivity contribution is -0.121. The fourth-order valence-electron chi connectivity index (χ4n) is 6.05. The number of aromatic amines is 1. The van der Waals surface area contributed by atoms with Gasteiger partial charge in [0.05, 0.1) is 25.4 Å². The summed E-state index contributed by atoms with van der Waals surface area (Å²) >= 11 is 0. The Morgan fingerprint density at radius 2 is 1.95 bits per heavy atom. The second kappa shape index (κ2) is 10.7. The second-order valence-electron chi connectivity index (χ2n) is 11.3. The minimum absolute atomic E-state index is 0.136. The van der Waals surface area contributed by atoms with Crippen molar-refractivity contribution in [2.45, 2.75) is 43.7 Å². The summed E-state index contributed by atoms with van der Waals surface area (Å²) in [5.74, 6) is 3.59. The molecule has 2 aromatic heterocycles. The standard InChI is InChI=1S/C26H36N12O2/c1-40-18-10-20(23(39)29-22-12-27-5-6-28-22)38(15-18)26-32-24(30-21-11-19(34-35-21)17-2-3-17)31-25(33-26)37-9-8-36-7-4-16(13-36)14-37/h11-12,16-18,20H,2-10,13-15H2,1H3,(H,28,29,39)(H2,30,31,32,33,34,35)/t16?,18-,20-/m0/s1. The molecule has 5 aliphatic rings. The molecule has 1 aliphatic carbocycles. The number of aromatic nitrogens is 5. The smallest absolute Gasteiger partial charge is 0.248 e. The molecule has 6 heterocycles. The zero-order chi connectivity index (χ0) is 27.1. The van der Waals surface area contributed by atoms with Crippen LogP contribution in [0.5, 0.6) is 0 Å². The van der Waals surface area contributed by atoms with E-state index in [0.717, 1.165) is 38.4 Å². The van der Waals surface area contributed by atoms with Crippen molar-refractivity contribution in [2.24, 2.45) is 15.9 Å². The number of fused-ring (bicyclic) bond motifs is 2. The minimum atomic E-state index is -0.524. The Morgan fingerprint density at radius 3 is 2.77 bits per heavy atom. The molecule has 212 valence electrons. The first-order chi connectivity index (χ1) is 19.6. The van der Waals surface area contributed by atoms with E-state index in [1.807, 2.05) is 11.0 Å². The Labute approximate surface area is 232 Å². The highest BCUT2D eigenvalue weighted by Gasteiger charge is 2.40. The number of methoxy groups -OCH3 is 1. The maximum Gasteiger partial charge on any atom is 0.248 e. The summed E-state index contributed by atoms with van der Waals surface area (Å²) in [5.41, 5.74) is 1.13. The number of carbonyl (C=O) groups is 1. The third-order valence-corrected chi connectivity index (χ3v) is 8.42. The number of H-pyrrole nitrogens is 1. The van der Waals surface area contributed by atoms with Crippen molar-refractivity contribution >= 4 is 41.6 Å². The van der Waals surface area contributed by atoms with Gasteiger partial charge in [0.1, 0.15) is 11.9 Å². The van der Waals surface area contributed by atoms with Crippen LogP contribution in [0.2, 0.25) is 0 Å². The molecule has 4 aliphatic heterocycles. The second-order valence-corrected chi connectivity index (χ2v) is 11.3. The quantitative estimate of drug-likeness (QED) is 0.447. The molecule has 2 aromatic rings. The molecule has 2 bridgehead atoms. The number of nitrogens with one attached hydrogen (secondary N) is 3. The SMILES string of the molecule is CO[C@H]1C[C@@H](C(=O)NC2=NCCN=C2)N(c2nc(Nc3cc(C4CC4)[nH]n3)nc(N3CCN4CCC(C4)C3)n2)C1. The maximum absolute atomic E-state index is 13.5. The number of ether oxygens (including phenoxy) is 1. The van der Waals surface area contributed by atoms with E-state index in [4.69, 9.17) is 19.7 Å². The fourth-order valence-corrected chi connectivity index (χ4v) is 6.05. The average molecular weight is 549 g/mol. The third-order valence-electron chi connectivity index (χ3n) is 8.42. The van der Waals surface area contributed by atoms with E-state index >= 15 is 0 Å². The number of rotatable bonds is 7. The fraction of sp³-hybridized carbons (Fsp3) is 0.654. The minimum Gasteiger partial charge on any atom is -0.380 e. The summed E-state index contributed by atoms with van der Waals surface area (Å²) in [5, 5.41) is 13.8. The first kappa shape index (κ1) is 25.3. The molecule has 14 nitrogen and oxygen atoms in total. The lowest BCUT2D eigenvalue weighted by atomic mass is 10.1. The van der Waals surface area contributed by atoms with Gasteiger partial charge >= 0.3 is 0 Å². The first-order valence-corrected chi connectivity index (χ1v) is 14.3. The van der Waals surface area contributed by atoms with E-state index in [9.17, 15) is 4.79 Å². The van der Waals surface area contributed by atoms with E-state index in [-0.39, 0.29) is 12.0 Å². The summed E-state index contributed by atoms with van der Waals surface area (Å²) in [6.45, 7) is 6.70. The molecule has 0 aromatic carbocycles. The summed E-state index contributed by atoms with van der Waals surface area (Å²) in [7, 11) is 1.67. The normalized spacial score (nSPS) is 28.0. The highest BCUT2D eigenvalue weighted by atomic mass is 16.5. The van der Waals surface area contributed by atoms with Crippen LogP contribution in [0.3, 0.4) is 0 Å². The Bertz CT molecular complexity index is 1310. The van der Waals surface area contributed by atoms with Gasteiger partial charge in [0.2, 0.25) is 23.8 Å². The van der Waals surface area contributed by atoms with Crippen molar-refractivity contribution in [3.05, 3.63) is 11.8 Å². The van der Waals surface area contributed by atoms with Crippen LogP contribution in [0.25, 0.3) is 0 Å². The van der Waals surface area contributed by atoms with Crippen LogP contribution >= 0.6 is 0 Å². The van der Waals surface area contributed by atoms with Crippen molar-refractivity contribution in [3.63, 3.8) is 0 Å². The summed E-state index contributed by atoms with van der Waals surface area (Å²) in [6, 6.07) is 1.50. The zero-order valence-electron chi connectivity index (χ0n) is 22.8. The van der Waals surface area contributed by atoms with Gasteiger partial charge in [0.15, 0.2) is 5.82 Å². The highest BCUT2D eigenvalue weighted by Crippen LogP contribution is 2.39. The van der Waals surface area contributed by atoms with Gasteiger partial charge in [0.25, 0.3) is 0 Å². The number of anilines is 4. The Kier molecular flexibility index (Phi) is 6.79. The molecule has 3 saturated heterocycles. The van der Waals surface area contributed by atoms with Gasteiger partial charge < -0.3 is 30.1 Å². The molecular formula is C26H36N12O2. The van der Waals surface area contributed by atoms with E-state index in [2.05, 4.69) is 40.6 Å². The molecule has 1 amide bonds. The molecule has 4 atom stereocenters. The lowest BCUT2D eigenvalue weighted by Crippen LogP contribution is -2.47. The van der Waals surface area contributed by atoms with Gasteiger partial charge in [-0.1, -0.05) is 0 Å². The first-order valence-electron chi connectivity index (χ1n) is 14.3. The molecule has 1 saturated carbocycles. The van der Waals surface area contributed by atoms with Gasteiger partial charge in [-0.3, -0.25) is 19.9 Å². The number of aliphatic imine (C=N–C) groups is 2. The van der Waals surface area contributed by atoms with Crippen LogP contribution in [-0.2, 0) is 9.53 Å². The van der Waals surface area contributed by atoms with Crippen molar-refractivity contribution in [2.75, 3.05) is 74.6 Å². The summed E-state index contributed by atoms with van der Waals surface area (Å²) in [6.07, 6.45) is 5.55. The Hall–Kier alpha value is -3.65. The molecule has 40 heavy (non-hydrogen) atoms. The van der Waals surface area contributed by atoms with Crippen molar-refractivity contribution in [3.8, 4) is 0 Å². The van der Waals surface area contributed by atoms with Crippen molar-refractivity contribution in [1.82, 2.24) is 35.4 Å². The molecule has 3 N–H and O–H groups in total. The summed E-state index contributed by atoms with van der Waals surface area (Å²) in [4.78, 5) is 43.4. The molecule has 14 heteroatoms. The number of amidine groups is 1. The molecule has 2 unspecified atom stereocenters. The van der Waals surface area contributed by atoms with Gasteiger partial charge in [-0.25, -0.2) is 0 Å². The van der Waals surface area contributed by atoms with Gasteiger partial charge in [0, 0.05) is 63.9 Å². The van der Waals surface area contributed by atoms with Gasteiger partial charge in [-0.2, -0.15) is 20.1 Å². The summed E-state index contributed by atoms with van der Waals surface area (Å²) < 4.78 is 5.69. The highest BCUT2D eigenvalue weighted by molar-refractivity contribution is 6.33. The topological polar surface area (TPSA) is 152 Å². The molecular weight excluding hydrogens is 512 g/mol. The van der Waals surface area contributed by atoms with Crippen LogP contribution in [0.1, 0.15) is 37.3 Å². The zero-order valence-corrected chi connectivity index (χ0v) is 22.8. The van der Waals surface area contributed by atoms with E-state index in [0.29, 0.717) is 67.4 Å². The van der Waals surface area contributed by atoms with Gasteiger partial charge in [-0.05, 0) is 31.7 Å². The Morgan fingerprint density at radius 1 is 1.05 bits per heavy atom. The monoisotopic (exact) mass is 548 g/mol. The van der Waals surface area contributed by atoms with Gasteiger partial charge in [-0.15, -0.1) is 0 Å². The van der Waals surface area contributed by atoms with Crippen LogP contribution in [0.15, 0.2) is 16.1 Å². The maximum atomic E-state index is 13.5. The number of amides is 1. The molecule has 0 radical (unpaired) electrons. The number of nitrogens with zero attached hydrogens (tertiary/aromatic N) is 9. The van der Waals surface area contributed by atoms with Crippen molar-refractivity contribution < 1.29 is 9.53 Å². The van der Waals surface area contributed by atoms with E-state index in [1.165, 1.54) is 19.3 Å². The van der Waals surface area contributed by atoms with Crippen LogP contribution in [-0.4, -0.2) is 120 Å². The van der Waals surface area contributed by atoms with Crippen LogP contribution in [0, 0.1) is 5.92 Å². The Balaban J connectivity index is 1.20. The van der Waals surface area contributed by atoms with Crippen LogP contribution in [0.4, 0.5) is 23.7 Å².